The number of hydrogen-bond acceptors (Lipinski definition) is 4. The van der Waals surface area contributed by atoms with E-state index < -0.39 is 0 Å². The number of aryl methyl sites for hydroxylation is 1. The summed E-state index contributed by atoms with van der Waals surface area (Å²) in [4.78, 5) is 10.7. The van der Waals surface area contributed by atoms with Gasteiger partial charge < -0.3 is 5.32 Å². The molecule has 2 aromatic rings. The van der Waals surface area contributed by atoms with E-state index in [1.165, 1.54) is 18.9 Å². The fraction of sp³-hybridized carbons (Fsp3) is 0.400. The van der Waals surface area contributed by atoms with Crippen LogP contribution in [0.2, 0.25) is 0 Å². The molecule has 6 nitrogen and oxygen atoms in total. The van der Waals surface area contributed by atoms with Crippen molar-refractivity contribution in [3.63, 3.8) is 0 Å². The number of para-hydroxylation sites is 2. The Balaban J connectivity index is 1.65. The van der Waals surface area contributed by atoms with E-state index in [0.717, 1.165) is 31.0 Å². The summed E-state index contributed by atoms with van der Waals surface area (Å²) < 4.78 is 1.59. The Labute approximate surface area is 122 Å². The van der Waals surface area contributed by atoms with Gasteiger partial charge in [-0.2, -0.15) is 5.10 Å². The van der Waals surface area contributed by atoms with E-state index in [4.69, 9.17) is 0 Å². The number of benzene rings is 1. The maximum absolute atomic E-state index is 11.0. The zero-order chi connectivity index (χ0) is 14.7. The molecule has 110 valence electrons. The summed E-state index contributed by atoms with van der Waals surface area (Å²) in [6.45, 7) is 1.02. The molecule has 1 fully saturated rings. The summed E-state index contributed by atoms with van der Waals surface area (Å²) in [6.07, 6.45) is 8.25. The Morgan fingerprint density at radius 1 is 1.38 bits per heavy atom. The second-order valence-electron chi connectivity index (χ2n) is 5.37. The van der Waals surface area contributed by atoms with Crippen molar-refractivity contribution >= 4 is 5.69 Å². The summed E-state index contributed by atoms with van der Waals surface area (Å²) in [7, 11) is 0. The van der Waals surface area contributed by atoms with E-state index in [1.807, 2.05) is 6.20 Å². The van der Waals surface area contributed by atoms with Gasteiger partial charge in [-0.25, -0.2) is 4.68 Å². The molecule has 0 atom stereocenters. The van der Waals surface area contributed by atoms with Crippen LogP contribution in [0.15, 0.2) is 36.7 Å². The normalized spacial score (nSPS) is 14.3. The van der Waals surface area contributed by atoms with Crippen LogP contribution >= 0.6 is 0 Å². The Morgan fingerprint density at radius 2 is 2.19 bits per heavy atom. The number of aromatic nitrogens is 2. The highest BCUT2D eigenvalue weighted by Gasteiger charge is 2.19. The van der Waals surface area contributed by atoms with E-state index in [0.29, 0.717) is 5.69 Å². The molecule has 1 aromatic carbocycles. The number of nitrogens with one attached hydrogen (secondary N) is 1. The molecule has 1 aromatic heterocycles. The molecule has 6 heteroatoms. The van der Waals surface area contributed by atoms with Gasteiger partial charge in [0.05, 0.1) is 11.1 Å². The van der Waals surface area contributed by atoms with Crippen LogP contribution in [0.5, 0.6) is 0 Å². The first-order chi connectivity index (χ1) is 10.2. The number of nitrogens with zero attached hydrogens (tertiary/aromatic N) is 3. The van der Waals surface area contributed by atoms with E-state index in [2.05, 4.69) is 10.4 Å². The molecule has 1 N–H and O–H groups in total. The molecular formula is C15H18N4O2. The average molecular weight is 286 g/mol. The van der Waals surface area contributed by atoms with Crippen molar-refractivity contribution in [2.75, 3.05) is 6.54 Å². The summed E-state index contributed by atoms with van der Waals surface area (Å²) in [6, 6.07) is 7.39. The van der Waals surface area contributed by atoms with E-state index in [9.17, 15) is 10.1 Å². The van der Waals surface area contributed by atoms with Crippen LogP contribution in [0.4, 0.5) is 5.69 Å². The molecule has 0 unspecified atom stereocenters. The maximum atomic E-state index is 11.0. The lowest BCUT2D eigenvalue weighted by molar-refractivity contribution is -0.384. The minimum Gasteiger partial charge on any atom is -0.314 e. The summed E-state index contributed by atoms with van der Waals surface area (Å²) in [5.41, 5.74) is 1.68. The van der Waals surface area contributed by atoms with Crippen LogP contribution in [0.1, 0.15) is 24.8 Å². The largest absolute Gasteiger partial charge is 0.314 e. The first-order valence-corrected chi connectivity index (χ1v) is 7.25. The standard InChI is InChI=1S/C15H18N4O2/c20-19(21)15-6-2-1-5-14(15)18-11-12(10-17-18)4-3-9-16-13-7-8-13/h1-2,5-6,10-11,13,16H,3-4,7-9H2. The van der Waals surface area contributed by atoms with Gasteiger partial charge >= 0.3 is 0 Å². The number of rotatable bonds is 7. The molecule has 1 aliphatic carbocycles. The number of nitro benzene ring substituents is 1. The molecule has 21 heavy (non-hydrogen) atoms. The zero-order valence-corrected chi connectivity index (χ0v) is 11.7. The summed E-state index contributed by atoms with van der Waals surface area (Å²) in [5, 5.41) is 18.8. The average Bonchev–Trinajstić information content (AvgIpc) is 3.20. The van der Waals surface area contributed by atoms with E-state index in [1.54, 1.807) is 29.1 Å². The minimum absolute atomic E-state index is 0.0718. The third kappa shape index (κ3) is 3.46. The fourth-order valence-electron chi connectivity index (χ4n) is 2.32. The third-order valence-corrected chi connectivity index (χ3v) is 3.61. The molecule has 1 heterocycles. The lowest BCUT2D eigenvalue weighted by atomic mass is 10.2. The van der Waals surface area contributed by atoms with Gasteiger partial charge in [0.25, 0.3) is 5.69 Å². The number of nitro groups is 1. The van der Waals surface area contributed by atoms with Gasteiger partial charge in [-0.15, -0.1) is 0 Å². The fourth-order valence-corrected chi connectivity index (χ4v) is 2.32. The Bertz CT molecular complexity index is 634. The molecule has 3 rings (SSSR count). The first kappa shape index (κ1) is 13.8. The summed E-state index contributed by atoms with van der Waals surface area (Å²) in [5.74, 6) is 0. The predicted molar refractivity (Wildman–Crippen MR) is 79.6 cm³/mol. The van der Waals surface area contributed by atoms with Gasteiger partial charge in [-0.3, -0.25) is 10.1 Å². The predicted octanol–water partition coefficient (Wildman–Crippen LogP) is 2.47. The number of hydrogen-bond donors (Lipinski definition) is 1. The van der Waals surface area contributed by atoms with Crippen molar-refractivity contribution in [1.29, 1.82) is 0 Å². The molecule has 1 aliphatic rings. The van der Waals surface area contributed by atoms with Crippen LogP contribution in [0.3, 0.4) is 0 Å². The Kier molecular flexibility index (Phi) is 3.96. The van der Waals surface area contributed by atoms with Gasteiger partial charge in [0.2, 0.25) is 0 Å². The topological polar surface area (TPSA) is 73.0 Å². The quantitative estimate of drug-likeness (QED) is 0.482. The van der Waals surface area contributed by atoms with Crippen LogP contribution in [0.25, 0.3) is 5.69 Å². The van der Waals surface area contributed by atoms with Gasteiger partial charge in [-0.05, 0) is 43.9 Å². The monoisotopic (exact) mass is 286 g/mol. The molecule has 0 amide bonds. The highest BCUT2D eigenvalue weighted by Crippen LogP contribution is 2.22. The van der Waals surface area contributed by atoms with Crippen LogP contribution in [-0.2, 0) is 6.42 Å². The maximum Gasteiger partial charge on any atom is 0.294 e. The molecule has 0 radical (unpaired) electrons. The molecule has 1 saturated carbocycles. The SMILES string of the molecule is O=[N+]([O-])c1ccccc1-n1cc(CCCNC2CC2)cn1. The van der Waals surface area contributed by atoms with Gasteiger partial charge in [-0.1, -0.05) is 12.1 Å². The van der Waals surface area contributed by atoms with Crippen LogP contribution < -0.4 is 5.32 Å². The lowest BCUT2D eigenvalue weighted by Crippen LogP contribution is -2.17. The van der Waals surface area contributed by atoms with Crippen molar-refractivity contribution in [3.05, 3.63) is 52.3 Å². The lowest BCUT2D eigenvalue weighted by Gasteiger charge is -2.02. The van der Waals surface area contributed by atoms with Crippen molar-refractivity contribution in [1.82, 2.24) is 15.1 Å². The van der Waals surface area contributed by atoms with Crippen molar-refractivity contribution in [2.45, 2.75) is 31.7 Å². The van der Waals surface area contributed by atoms with Gasteiger partial charge in [0, 0.05) is 18.3 Å². The highest BCUT2D eigenvalue weighted by molar-refractivity contribution is 5.51. The second-order valence-corrected chi connectivity index (χ2v) is 5.37. The van der Waals surface area contributed by atoms with Crippen molar-refractivity contribution in [2.24, 2.45) is 0 Å². The molecule has 0 saturated heterocycles. The van der Waals surface area contributed by atoms with Crippen molar-refractivity contribution in [3.8, 4) is 5.69 Å². The van der Waals surface area contributed by atoms with Crippen LogP contribution in [-0.4, -0.2) is 27.3 Å². The third-order valence-electron chi connectivity index (χ3n) is 3.61. The molecule has 0 spiro atoms. The van der Waals surface area contributed by atoms with Crippen molar-refractivity contribution < 1.29 is 4.92 Å². The Hall–Kier alpha value is -2.21. The molecular weight excluding hydrogens is 268 g/mol. The van der Waals surface area contributed by atoms with Gasteiger partial charge in [0.15, 0.2) is 0 Å². The minimum atomic E-state index is -0.379. The van der Waals surface area contributed by atoms with E-state index in [-0.39, 0.29) is 10.6 Å². The summed E-state index contributed by atoms with van der Waals surface area (Å²) >= 11 is 0. The Morgan fingerprint density at radius 3 is 2.95 bits per heavy atom. The zero-order valence-electron chi connectivity index (χ0n) is 11.7. The molecule has 0 aliphatic heterocycles. The van der Waals surface area contributed by atoms with E-state index >= 15 is 0 Å². The smallest absolute Gasteiger partial charge is 0.294 e. The molecule has 0 bridgehead atoms. The van der Waals surface area contributed by atoms with Gasteiger partial charge in [0.1, 0.15) is 5.69 Å². The first-order valence-electron chi connectivity index (χ1n) is 7.25. The second kappa shape index (κ2) is 6.05. The highest BCUT2D eigenvalue weighted by atomic mass is 16.6. The van der Waals surface area contributed by atoms with Crippen LogP contribution in [0, 0.1) is 10.1 Å².